The van der Waals surface area contributed by atoms with Gasteiger partial charge < -0.3 is 30.7 Å². The summed E-state index contributed by atoms with van der Waals surface area (Å²) in [4.78, 5) is 25.7. The van der Waals surface area contributed by atoms with E-state index in [1.165, 1.54) is 14.1 Å². The number of carbonyl (C=O) groups excluding carboxylic acids is 2. The van der Waals surface area contributed by atoms with E-state index in [0.29, 0.717) is 22.8 Å². The first-order valence-corrected chi connectivity index (χ1v) is 18.0. The molecule has 16 heteroatoms. The molecule has 2 aliphatic rings. The maximum atomic E-state index is 12.0. The fourth-order valence-electron chi connectivity index (χ4n) is 6.20. The van der Waals surface area contributed by atoms with Crippen LogP contribution in [0, 0.1) is 0 Å². The molecule has 48 heavy (non-hydrogen) atoms. The number of fused-ring (bicyclic) bond motifs is 2. The monoisotopic (exact) mass is 725 g/mol. The second kappa shape index (κ2) is 15.1. The van der Waals surface area contributed by atoms with Crippen LogP contribution in [0.25, 0.3) is 5.57 Å². The number of anilines is 3. The fourth-order valence-corrected chi connectivity index (χ4v) is 7.07. The van der Waals surface area contributed by atoms with Crippen LogP contribution in [0.3, 0.4) is 0 Å². The molecule has 0 fully saturated rings. The van der Waals surface area contributed by atoms with Crippen LogP contribution in [0.1, 0.15) is 50.8 Å². The third kappa shape index (κ3) is 8.97. The van der Waals surface area contributed by atoms with Crippen LogP contribution in [-0.4, -0.2) is 70.1 Å². The van der Waals surface area contributed by atoms with Gasteiger partial charge in [-0.25, -0.2) is 18.0 Å². The zero-order valence-electron chi connectivity index (χ0n) is 28.1. The molecule has 0 radical (unpaired) electrons. The number of nitrogens with one attached hydrogen (secondary N) is 4. The van der Waals surface area contributed by atoms with Gasteiger partial charge in [0, 0.05) is 54.2 Å². The van der Waals surface area contributed by atoms with Gasteiger partial charge in [0.25, 0.3) is 10.1 Å². The Morgan fingerprint density at radius 3 is 1.98 bits per heavy atom. The normalized spacial score (nSPS) is 17.2. The number of amides is 4. The van der Waals surface area contributed by atoms with E-state index in [0.717, 1.165) is 27.8 Å². The minimum absolute atomic E-state index is 0. The molecule has 1 aliphatic carbocycles. The summed E-state index contributed by atoms with van der Waals surface area (Å²) in [6.07, 6.45) is 5.53. The first-order chi connectivity index (χ1) is 21.8. The Hall–Kier alpha value is -2.54. The molecule has 2 aromatic rings. The van der Waals surface area contributed by atoms with Gasteiger partial charge in [0.15, 0.2) is 0 Å². The summed E-state index contributed by atoms with van der Waals surface area (Å²) < 4.78 is 68.0. The maximum Gasteiger partial charge on any atom is 1.00 e. The SMILES string of the molecule is CNC(=O)Nc1ccc2c(c1)C(C)(C)C(C=C/C=C1/N(CCS(=O)(=O)[O-])c3ccc(NC(=O)NC)cc3C1(C)C)=C2CCS(=O)(=O)O.[K+]. The van der Waals surface area contributed by atoms with E-state index < -0.39 is 54.6 Å². The number of carbonyl (C=O) groups is 2. The molecular weight excluding hydrogens is 686 g/mol. The van der Waals surface area contributed by atoms with E-state index in [9.17, 15) is 35.5 Å². The first-order valence-electron chi connectivity index (χ1n) is 14.8. The Morgan fingerprint density at radius 2 is 1.44 bits per heavy atom. The Bertz CT molecular complexity index is 1920. The number of hydrogen-bond acceptors (Lipinski definition) is 8. The Labute approximate surface area is 324 Å². The fraction of sp³-hybridized carbons (Fsp3) is 0.375. The third-order valence-electron chi connectivity index (χ3n) is 8.57. The van der Waals surface area contributed by atoms with Gasteiger partial charge in [0.2, 0.25) is 0 Å². The van der Waals surface area contributed by atoms with Gasteiger partial charge in [-0.15, -0.1) is 0 Å². The Morgan fingerprint density at radius 1 is 0.875 bits per heavy atom. The van der Waals surface area contributed by atoms with Crippen LogP contribution in [0.4, 0.5) is 26.7 Å². The molecule has 0 saturated carbocycles. The summed E-state index contributed by atoms with van der Waals surface area (Å²) in [7, 11) is -5.79. The molecule has 1 aliphatic heterocycles. The van der Waals surface area contributed by atoms with E-state index in [1.807, 2.05) is 58.0 Å². The first kappa shape index (κ1) is 39.9. The predicted molar refractivity (Wildman–Crippen MR) is 182 cm³/mol. The third-order valence-corrected chi connectivity index (χ3v) is 9.97. The molecule has 0 bridgehead atoms. The van der Waals surface area contributed by atoms with Crippen molar-refractivity contribution < 1.29 is 86.9 Å². The second-order valence-corrected chi connectivity index (χ2v) is 15.5. The molecule has 4 amide bonds. The summed E-state index contributed by atoms with van der Waals surface area (Å²) in [5.74, 6) is -1.11. The average molecular weight is 726 g/mol. The largest absolute Gasteiger partial charge is 1.00 e. The van der Waals surface area contributed by atoms with E-state index in [4.69, 9.17) is 0 Å². The minimum atomic E-state index is -4.53. The molecule has 254 valence electrons. The molecule has 0 unspecified atom stereocenters. The number of benzene rings is 2. The van der Waals surface area contributed by atoms with Crippen molar-refractivity contribution in [3.05, 3.63) is 82.6 Å². The van der Waals surface area contributed by atoms with Crippen LogP contribution in [0.5, 0.6) is 0 Å². The molecule has 0 atom stereocenters. The summed E-state index contributed by atoms with van der Waals surface area (Å²) >= 11 is 0. The summed E-state index contributed by atoms with van der Waals surface area (Å²) in [6, 6.07) is 9.85. The molecule has 0 spiro atoms. The van der Waals surface area contributed by atoms with Crippen LogP contribution in [0.2, 0.25) is 0 Å². The van der Waals surface area contributed by atoms with Gasteiger partial charge in [0.05, 0.1) is 21.6 Å². The molecule has 0 saturated heterocycles. The van der Waals surface area contributed by atoms with Crippen molar-refractivity contribution >= 4 is 54.9 Å². The maximum absolute atomic E-state index is 12.0. The van der Waals surface area contributed by atoms with E-state index >= 15 is 0 Å². The second-order valence-electron chi connectivity index (χ2n) is 12.4. The van der Waals surface area contributed by atoms with Gasteiger partial charge in [-0.1, -0.05) is 45.9 Å². The van der Waals surface area contributed by atoms with Crippen molar-refractivity contribution in [1.82, 2.24) is 10.6 Å². The van der Waals surface area contributed by atoms with E-state index in [-0.39, 0.29) is 64.4 Å². The van der Waals surface area contributed by atoms with Crippen molar-refractivity contribution in [2.45, 2.75) is 44.9 Å². The van der Waals surface area contributed by atoms with Crippen molar-refractivity contribution in [3.8, 4) is 0 Å². The van der Waals surface area contributed by atoms with Gasteiger partial charge in [-0.05, 0) is 70.7 Å². The Balaban J connectivity index is 0.00000625. The van der Waals surface area contributed by atoms with Crippen molar-refractivity contribution in [2.75, 3.05) is 47.7 Å². The van der Waals surface area contributed by atoms with Crippen molar-refractivity contribution in [3.63, 3.8) is 0 Å². The van der Waals surface area contributed by atoms with Gasteiger partial charge in [0.1, 0.15) is 0 Å². The Kier molecular flexibility index (Phi) is 12.6. The standard InChI is InChI=1S/C32H41N5O8S2.K/c1-31(2)24(23(14-16-46(40,41)42)22-12-10-20(18-25(22)31)35-29(38)33-5)8-7-9-28-32(3,4)26-19-21(36-30(39)34-6)11-13-27(26)37(28)15-17-47(43,44)45;/h7-13,18-19H,14-17H2,1-6H3,(H2,33,35,38)(H2,34,36,39)(H,40,41,42)(H,43,44,45);/q;+1/p-1/b8-7?,28-9+;. The molecule has 4 rings (SSSR count). The zero-order chi connectivity index (χ0) is 34.9. The number of hydrogen-bond donors (Lipinski definition) is 5. The van der Waals surface area contributed by atoms with Crippen LogP contribution in [0.15, 0.2) is 65.9 Å². The van der Waals surface area contributed by atoms with Crippen molar-refractivity contribution in [2.24, 2.45) is 0 Å². The van der Waals surface area contributed by atoms with Gasteiger partial charge >= 0.3 is 63.4 Å². The smallest absolute Gasteiger partial charge is 0.748 e. The minimum Gasteiger partial charge on any atom is -0.748 e. The van der Waals surface area contributed by atoms with Crippen LogP contribution in [-0.2, 0) is 31.1 Å². The molecule has 1 heterocycles. The quantitative estimate of drug-likeness (QED) is 0.177. The number of nitrogens with zero attached hydrogens (tertiary/aromatic N) is 1. The van der Waals surface area contributed by atoms with E-state index in [1.54, 1.807) is 29.2 Å². The molecular formula is C32H40KN5O8S2. The summed E-state index contributed by atoms with van der Waals surface area (Å²) in [5, 5.41) is 10.5. The zero-order valence-corrected chi connectivity index (χ0v) is 32.8. The summed E-state index contributed by atoms with van der Waals surface area (Å²) in [5.41, 5.74) is 5.15. The number of allylic oxidation sites excluding steroid dienone is 6. The molecule has 0 aromatic heterocycles. The topological polar surface area (TPSA) is 197 Å². The molecule has 2 aromatic carbocycles. The molecule has 13 nitrogen and oxygen atoms in total. The van der Waals surface area contributed by atoms with E-state index in [2.05, 4.69) is 21.3 Å². The predicted octanol–water partition coefficient (Wildman–Crippen LogP) is 1.30. The van der Waals surface area contributed by atoms with Gasteiger partial charge in [-0.3, -0.25) is 4.55 Å². The molecule has 5 N–H and O–H groups in total. The summed E-state index contributed by atoms with van der Waals surface area (Å²) in [6.45, 7) is 7.77. The number of rotatable bonds is 10. The van der Waals surface area contributed by atoms with Gasteiger partial charge in [-0.2, -0.15) is 8.42 Å². The number of urea groups is 2. The van der Waals surface area contributed by atoms with Crippen LogP contribution < -0.4 is 77.6 Å². The average Bonchev–Trinajstić information content (AvgIpc) is 3.32. The van der Waals surface area contributed by atoms with Crippen LogP contribution >= 0.6 is 0 Å². The van der Waals surface area contributed by atoms with Crippen molar-refractivity contribution in [1.29, 1.82) is 0 Å².